The Kier molecular flexibility index (Phi) is 7.33. The van der Waals surface area contributed by atoms with Crippen LogP contribution in [0.4, 0.5) is 0 Å². The van der Waals surface area contributed by atoms with Crippen molar-refractivity contribution in [1.29, 1.82) is 0 Å². The highest BCUT2D eigenvalue weighted by molar-refractivity contribution is 5.86. The minimum atomic E-state index is -0.324. The van der Waals surface area contributed by atoms with Gasteiger partial charge in [-0.2, -0.15) is 0 Å². The molecule has 2 fully saturated rings. The Hall–Kier alpha value is -2.57. The van der Waals surface area contributed by atoms with Gasteiger partial charge in [0, 0.05) is 18.0 Å². The molecule has 0 aliphatic carbocycles. The van der Waals surface area contributed by atoms with Gasteiger partial charge in [0.05, 0.1) is 18.7 Å². The number of carbonyl (C=O) groups is 1. The smallest absolute Gasteiger partial charge is 0.242 e. The lowest BCUT2D eigenvalue weighted by Crippen LogP contribution is -2.41. The first-order chi connectivity index (χ1) is 15.7. The molecule has 2 aromatic rings. The third kappa shape index (κ3) is 4.48. The molecule has 4 rings (SSSR count). The van der Waals surface area contributed by atoms with Gasteiger partial charge in [-0.15, -0.1) is 0 Å². The summed E-state index contributed by atoms with van der Waals surface area (Å²) in [5, 5.41) is 10.5. The first-order valence-electron chi connectivity index (χ1n) is 12.0. The molecule has 6 heteroatoms. The zero-order valence-corrected chi connectivity index (χ0v) is 19.1. The standard InChI is InChI=1S/C26H35N3O3/c1-3-5-9-16-32-19-12-10-11-18(17-19)25-22-23(20-13-7-8-14-21(20)30)27-28-24(22)26(31)29(25)15-6-4-2/h7-8,10-14,17,22-25,27-28,30H,3-6,9,15-16H2,1-2H3. The first kappa shape index (κ1) is 22.6. The number of hydrogen-bond donors (Lipinski definition) is 3. The summed E-state index contributed by atoms with van der Waals surface area (Å²) in [7, 11) is 0. The summed E-state index contributed by atoms with van der Waals surface area (Å²) in [6.07, 6.45) is 5.35. The van der Waals surface area contributed by atoms with Crippen molar-refractivity contribution in [2.24, 2.45) is 5.92 Å². The van der Waals surface area contributed by atoms with Crippen molar-refractivity contribution >= 4 is 5.91 Å². The number of fused-ring (bicyclic) bond motifs is 1. The molecule has 2 aromatic carbocycles. The lowest BCUT2D eigenvalue weighted by molar-refractivity contribution is -0.130. The number of carbonyl (C=O) groups excluding carboxylic acids is 1. The van der Waals surface area contributed by atoms with Crippen molar-refractivity contribution in [3.63, 3.8) is 0 Å². The molecule has 0 saturated carbocycles. The van der Waals surface area contributed by atoms with Crippen LogP contribution in [0.5, 0.6) is 11.5 Å². The third-order valence-corrected chi connectivity index (χ3v) is 6.65. The van der Waals surface area contributed by atoms with E-state index in [2.05, 4.69) is 36.8 Å². The lowest BCUT2D eigenvalue weighted by Gasteiger charge is -2.31. The number of hydrazine groups is 1. The Labute approximate surface area is 190 Å². The van der Waals surface area contributed by atoms with Gasteiger partial charge >= 0.3 is 0 Å². The van der Waals surface area contributed by atoms with Crippen LogP contribution in [0.15, 0.2) is 48.5 Å². The summed E-state index contributed by atoms with van der Waals surface area (Å²) in [6.45, 7) is 5.76. The van der Waals surface area contributed by atoms with Crippen LogP contribution in [0.1, 0.15) is 69.2 Å². The zero-order valence-electron chi connectivity index (χ0n) is 19.1. The monoisotopic (exact) mass is 437 g/mol. The van der Waals surface area contributed by atoms with Gasteiger partial charge in [-0.05, 0) is 36.6 Å². The number of rotatable bonds is 10. The number of likely N-dealkylation sites (tertiary alicyclic amines) is 1. The van der Waals surface area contributed by atoms with Gasteiger partial charge in [-0.25, -0.2) is 10.9 Å². The maximum absolute atomic E-state index is 13.4. The number of phenolic OH excluding ortho intramolecular Hbond substituents is 1. The van der Waals surface area contributed by atoms with Crippen molar-refractivity contribution in [3.8, 4) is 11.5 Å². The Bertz CT molecular complexity index is 919. The van der Waals surface area contributed by atoms with Crippen molar-refractivity contribution in [1.82, 2.24) is 15.8 Å². The van der Waals surface area contributed by atoms with Crippen molar-refractivity contribution in [2.45, 2.75) is 64.1 Å². The van der Waals surface area contributed by atoms with E-state index in [9.17, 15) is 9.90 Å². The number of hydrogen-bond acceptors (Lipinski definition) is 5. The average molecular weight is 438 g/mol. The van der Waals surface area contributed by atoms with Gasteiger partial charge in [0.2, 0.25) is 5.91 Å². The minimum absolute atomic E-state index is 0.0389. The number of nitrogens with one attached hydrogen (secondary N) is 2. The predicted octanol–water partition coefficient (Wildman–Crippen LogP) is 4.48. The molecule has 4 atom stereocenters. The number of ether oxygens (including phenoxy) is 1. The molecule has 2 saturated heterocycles. The van der Waals surface area contributed by atoms with Crippen molar-refractivity contribution in [3.05, 3.63) is 59.7 Å². The third-order valence-electron chi connectivity index (χ3n) is 6.65. The molecule has 2 aliphatic rings. The normalized spacial score (nSPS) is 24.7. The summed E-state index contributed by atoms with van der Waals surface area (Å²) in [4.78, 5) is 15.4. The molecule has 2 aliphatic heterocycles. The van der Waals surface area contributed by atoms with Gasteiger partial charge in [-0.3, -0.25) is 4.79 Å². The van der Waals surface area contributed by atoms with Crippen molar-refractivity contribution < 1.29 is 14.6 Å². The second-order valence-electron chi connectivity index (χ2n) is 8.84. The number of unbranched alkanes of at least 4 members (excludes halogenated alkanes) is 3. The molecule has 172 valence electrons. The van der Waals surface area contributed by atoms with Gasteiger partial charge in [0.25, 0.3) is 0 Å². The maximum atomic E-state index is 13.4. The molecule has 4 unspecified atom stereocenters. The highest BCUT2D eigenvalue weighted by Gasteiger charge is 2.55. The zero-order chi connectivity index (χ0) is 22.5. The molecule has 2 heterocycles. The summed E-state index contributed by atoms with van der Waals surface area (Å²) in [5.74, 6) is 1.18. The molecular formula is C26H35N3O3. The number of benzene rings is 2. The van der Waals surface area contributed by atoms with E-state index in [0.717, 1.165) is 55.5 Å². The van der Waals surface area contributed by atoms with Gasteiger partial charge < -0.3 is 14.7 Å². The fourth-order valence-corrected chi connectivity index (χ4v) is 5.02. The van der Waals surface area contributed by atoms with E-state index in [0.29, 0.717) is 6.61 Å². The lowest BCUT2D eigenvalue weighted by atomic mass is 9.83. The van der Waals surface area contributed by atoms with Crippen molar-refractivity contribution in [2.75, 3.05) is 13.2 Å². The largest absolute Gasteiger partial charge is 0.508 e. The van der Waals surface area contributed by atoms with E-state index >= 15 is 0 Å². The fourth-order valence-electron chi connectivity index (χ4n) is 5.02. The highest BCUT2D eigenvalue weighted by atomic mass is 16.5. The van der Waals surface area contributed by atoms with Crippen LogP contribution in [0, 0.1) is 5.92 Å². The van der Waals surface area contributed by atoms with Crippen LogP contribution >= 0.6 is 0 Å². The summed E-state index contributed by atoms with van der Waals surface area (Å²) < 4.78 is 6.02. The number of nitrogens with zero attached hydrogens (tertiary/aromatic N) is 1. The van der Waals surface area contributed by atoms with E-state index in [1.807, 2.05) is 35.2 Å². The number of phenols is 1. The molecule has 0 spiro atoms. The van der Waals surface area contributed by atoms with E-state index in [-0.39, 0.29) is 35.7 Å². The Morgan fingerprint density at radius 3 is 2.53 bits per heavy atom. The second kappa shape index (κ2) is 10.4. The van der Waals surface area contributed by atoms with Crippen LogP contribution in [-0.2, 0) is 4.79 Å². The average Bonchev–Trinajstić information content (AvgIpc) is 3.34. The Balaban J connectivity index is 1.66. The molecule has 1 amide bonds. The fraction of sp³-hybridized carbons (Fsp3) is 0.500. The molecule has 32 heavy (non-hydrogen) atoms. The minimum Gasteiger partial charge on any atom is -0.508 e. The summed E-state index contributed by atoms with van der Waals surface area (Å²) >= 11 is 0. The van der Waals surface area contributed by atoms with E-state index in [1.54, 1.807) is 6.07 Å². The molecule has 3 N–H and O–H groups in total. The second-order valence-corrected chi connectivity index (χ2v) is 8.84. The molecular weight excluding hydrogens is 402 g/mol. The molecule has 0 radical (unpaired) electrons. The number of para-hydroxylation sites is 1. The van der Waals surface area contributed by atoms with E-state index in [1.165, 1.54) is 0 Å². The highest BCUT2D eigenvalue weighted by Crippen LogP contribution is 2.48. The molecule has 6 nitrogen and oxygen atoms in total. The first-order valence-corrected chi connectivity index (χ1v) is 12.0. The Morgan fingerprint density at radius 1 is 0.969 bits per heavy atom. The Morgan fingerprint density at radius 2 is 1.75 bits per heavy atom. The van der Waals surface area contributed by atoms with Crippen LogP contribution < -0.4 is 15.6 Å². The van der Waals surface area contributed by atoms with Crippen LogP contribution in [0.25, 0.3) is 0 Å². The SMILES string of the molecule is CCCCCOc1cccc(C2C3C(NNC3c3ccccc3O)C(=O)N2CCCC)c1. The maximum Gasteiger partial charge on any atom is 0.242 e. The molecule has 0 aromatic heterocycles. The number of aromatic hydroxyl groups is 1. The topological polar surface area (TPSA) is 73.8 Å². The van der Waals surface area contributed by atoms with Crippen LogP contribution in [0.3, 0.4) is 0 Å². The predicted molar refractivity (Wildman–Crippen MR) is 125 cm³/mol. The summed E-state index contributed by atoms with van der Waals surface area (Å²) in [5.41, 5.74) is 8.42. The van der Waals surface area contributed by atoms with Crippen LogP contribution in [-0.4, -0.2) is 35.1 Å². The van der Waals surface area contributed by atoms with E-state index < -0.39 is 0 Å². The van der Waals surface area contributed by atoms with Gasteiger partial charge in [0.15, 0.2) is 0 Å². The number of amides is 1. The van der Waals surface area contributed by atoms with Gasteiger partial charge in [0.1, 0.15) is 17.5 Å². The summed E-state index contributed by atoms with van der Waals surface area (Å²) in [6, 6.07) is 15.0. The quantitative estimate of drug-likeness (QED) is 0.478. The van der Waals surface area contributed by atoms with Crippen LogP contribution in [0.2, 0.25) is 0 Å². The van der Waals surface area contributed by atoms with E-state index in [4.69, 9.17) is 4.74 Å². The van der Waals surface area contributed by atoms with Gasteiger partial charge in [-0.1, -0.05) is 63.4 Å². The molecule has 0 bridgehead atoms.